The summed E-state index contributed by atoms with van der Waals surface area (Å²) in [6.07, 6.45) is 5.16. The molecule has 2 nitrogen and oxygen atoms in total. The van der Waals surface area contributed by atoms with Crippen LogP contribution in [0, 0.1) is 0 Å². The van der Waals surface area contributed by atoms with Crippen LogP contribution in [0.5, 0.6) is 0 Å². The van der Waals surface area contributed by atoms with Gasteiger partial charge in [-0.15, -0.1) is 0 Å². The molecule has 2 aromatic carbocycles. The van der Waals surface area contributed by atoms with Crippen molar-refractivity contribution < 1.29 is 4.74 Å². The molecule has 2 aromatic rings. The fourth-order valence-corrected chi connectivity index (χ4v) is 3.92. The Morgan fingerprint density at radius 1 is 1.00 bits per heavy atom. The molecule has 134 valence electrons. The molecule has 1 saturated heterocycles. The first-order chi connectivity index (χ1) is 12.2. The summed E-state index contributed by atoms with van der Waals surface area (Å²) in [6, 6.07) is 22.0. The number of benzene rings is 2. The highest BCUT2D eigenvalue weighted by Gasteiger charge is 2.38. The van der Waals surface area contributed by atoms with Gasteiger partial charge in [0, 0.05) is 6.04 Å². The molecule has 1 aliphatic rings. The molecule has 0 radical (unpaired) electrons. The molecule has 0 amide bonds. The lowest BCUT2D eigenvalue weighted by atomic mass is 9.90. The zero-order valence-electron chi connectivity index (χ0n) is 15.8. The first-order valence-electron chi connectivity index (χ1n) is 9.68. The van der Waals surface area contributed by atoms with Crippen molar-refractivity contribution in [1.29, 1.82) is 0 Å². The molecular weight excluding hydrogens is 306 g/mol. The van der Waals surface area contributed by atoms with Crippen LogP contribution in [-0.2, 0) is 4.74 Å². The van der Waals surface area contributed by atoms with E-state index in [2.05, 4.69) is 86.5 Å². The maximum atomic E-state index is 6.53. The molecule has 0 unspecified atom stereocenters. The van der Waals surface area contributed by atoms with Crippen molar-refractivity contribution in [3.8, 4) is 0 Å². The summed E-state index contributed by atoms with van der Waals surface area (Å²) < 4.78 is 6.53. The van der Waals surface area contributed by atoms with E-state index in [-0.39, 0.29) is 12.3 Å². The van der Waals surface area contributed by atoms with Crippen molar-refractivity contribution in [2.24, 2.45) is 0 Å². The molecule has 2 heteroatoms. The van der Waals surface area contributed by atoms with Crippen LogP contribution in [0.2, 0.25) is 0 Å². The van der Waals surface area contributed by atoms with E-state index in [1.807, 2.05) is 0 Å². The number of hydrogen-bond acceptors (Lipinski definition) is 2. The normalized spacial score (nSPS) is 25.2. The average Bonchev–Trinajstić information content (AvgIpc) is 2.95. The summed E-state index contributed by atoms with van der Waals surface area (Å²) in [7, 11) is 2.21. The van der Waals surface area contributed by atoms with Crippen LogP contribution < -0.4 is 0 Å². The van der Waals surface area contributed by atoms with E-state index in [0.717, 1.165) is 6.42 Å². The second-order valence-electron chi connectivity index (χ2n) is 7.31. The lowest BCUT2D eigenvalue weighted by Crippen LogP contribution is -2.32. The number of nitrogens with zero attached hydrogens (tertiary/aromatic N) is 1. The van der Waals surface area contributed by atoms with E-state index in [1.54, 1.807) is 0 Å². The Kier molecular flexibility index (Phi) is 6.28. The highest BCUT2D eigenvalue weighted by atomic mass is 16.5. The number of hydrogen-bond donors (Lipinski definition) is 0. The Balaban J connectivity index is 1.73. The predicted molar refractivity (Wildman–Crippen MR) is 105 cm³/mol. The Labute approximate surface area is 152 Å². The maximum Gasteiger partial charge on any atom is 0.112 e. The highest BCUT2D eigenvalue weighted by molar-refractivity contribution is 5.22. The van der Waals surface area contributed by atoms with Crippen LogP contribution in [0.3, 0.4) is 0 Å². The van der Waals surface area contributed by atoms with Crippen LogP contribution in [0.4, 0.5) is 0 Å². The van der Waals surface area contributed by atoms with Gasteiger partial charge in [-0.05, 0) is 43.9 Å². The van der Waals surface area contributed by atoms with E-state index in [4.69, 9.17) is 4.74 Å². The number of likely N-dealkylation sites (N-methyl/N-ethyl adjacent to an activating group) is 1. The molecule has 0 aliphatic carbocycles. The van der Waals surface area contributed by atoms with Gasteiger partial charge in [-0.3, -0.25) is 4.90 Å². The molecule has 1 aliphatic heterocycles. The lowest BCUT2D eigenvalue weighted by Gasteiger charge is -2.26. The van der Waals surface area contributed by atoms with Crippen LogP contribution >= 0.6 is 0 Å². The summed E-state index contributed by atoms with van der Waals surface area (Å²) in [5, 5.41) is 0. The molecule has 0 aromatic heterocycles. The lowest BCUT2D eigenvalue weighted by molar-refractivity contribution is -0.00340. The molecule has 0 bridgehead atoms. The SMILES string of the molecule is CCCC[C@@H](C[C@@H]1O[C@H](c2ccccc2)[C@H](C)N1C)c1ccccc1. The zero-order chi connectivity index (χ0) is 17.6. The van der Waals surface area contributed by atoms with Gasteiger partial charge in [0.15, 0.2) is 0 Å². The molecule has 3 rings (SSSR count). The number of unbranched alkanes of at least 4 members (excludes halogenated alkanes) is 1. The predicted octanol–water partition coefficient (Wildman–Crippen LogP) is 5.77. The Morgan fingerprint density at radius 3 is 2.28 bits per heavy atom. The van der Waals surface area contributed by atoms with Gasteiger partial charge in [0.1, 0.15) is 6.23 Å². The summed E-state index contributed by atoms with van der Waals surface area (Å²) in [4.78, 5) is 2.42. The van der Waals surface area contributed by atoms with E-state index in [0.29, 0.717) is 12.0 Å². The summed E-state index contributed by atoms with van der Waals surface area (Å²) >= 11 is 0. The molecule has 0 N–H and O–H groups in total. The molecule has 0 saturated carbocycles. The molecule has 1 heterocycles. The molecule has 1 fully saturated rings. The highest BCUT2D eigenvalue weighted by Crippen LogP contribution is 2.38. The van der Waals surface area contributed by atoms with Crippen molar-refractivity contribution in [2.45, 2.75) is 63.8 Å². The van der Waals surface area contributed by atoms with Crippen molar-refractivity contribution in [3.05, 3.63) is 71.8 Å². The molecule has 0 spiro atoms. The van der Waals surface area contributed by atoms with Crippen LogP contribution in [0.25, 0.3) is 0 Å². The van der Waals surface area contributed by atoms with Crippen LogP contribution in [0.15, 0.2) is 60.7 Å². The van der Waals surface area contributed by atoms with Gasteiger partial charge in [0.05, 0.1) is 6.10 Å². The van der Waals surface area contributed by atoms with Crippen molar-refractivity contribution >= 4 is 0 Å². The minimum Gasteiger partial charge on any atom is -0.354 e. The van der Waals surface area contributed by atoms with Gasteiger partial charge in [0.25, 0.3) is 0 Å². The monoisotopic (exact) mass is 337 g/mol. The Morgan fingerprint density at radius 2 is 1.64 bits per heavy atom. The van der Waals surface area contributed by atoms with Crippen molar-refractivity contribution in [2.75, 3.05) is 7.05 Å². The average molecular weight is 338 g/mol. The summed E-state index contributed by atoms with van der Waals surface area (Å²) in [6.45, 7) is 4.55. The summed E-state index contributed by atoms with van der Waals surface area (Å²) in [5.41, 5.74) is 2.73. The standard InChI is InChI=1S/C23H31NO/c1-4-5-12-21(19-13-8-6-9-14-19)17-22-24(3)18(2)23(25-22)20-15-10-7-11-16-20/h6-11,13-16,18,21-23H,4-5,12,17H2,1-3H3/t18-,21-,22-,23-/m0/s1. The Hall–Kier alpha value is -1.64. The topological polar surface area (TPSA) is 12.5 Å². The fraction of sp³-hybridized carbons (Fsp3) is 0.478. The third-order valence-corrected chi connectivity index (χ3v) is 5.63. The van der Waals surface area contributed by atoms with Gasteiger partial charge >= 0.3 is 0 Å². The number of rotatable bonds is 7. The van der Waals surface area contributed by atoms with Crippen molar-refractivity contribution in [1.82, 2.24) is 4.90 Å². The van der Waals surface area contributed by atoms with E-state index >= 15 is 0 Å². The molecule has 25 heavy (non-hydrogen) atoms. The third-order valence-electron chi connectivity index (χ3n) is 5.63. The zero-order valence-corrected chi connectivity index (χ0v) is 15.8. The smallest absolute Gasteiger partial charge is 0.112 e. The largest absolute Gasteiger partial charge is 0.354 e. The maximum absolute atomic E-state index is 6.53. The molecular formula is C23H31NO. The van der Waals surface area contributed by atoms with E-state index in [9.17, 15) is 0 Å². The minimum atomic E-state index is 0.166. The van der Waals surface area contributed by atoms with E-state index < -0.39 is 0 Å². The minimum absolute atomic E-state index is 0.166. The first kappa shape index (κ1) is 18.2. The van der Waals surface area contributed by atoms with Gasteiger partial charge in [0.2, 0.25) is 0 Å². The van der Waals surface area contributed by atoms with Gasteiger partial charge < -0.3 is 4.74 Å². The van der Waals surface area contributed by atoms with Gasteiger partial charge in [-0.25, -0.2) is 0 Å². The quantitative estimate of drug-likeness (QED) is 0.636. The van der Waals surface area contributed by atoms with Crippen LogP contribution in [-0.4, -0.2) is 24.2 Å². The second kappa shape index (κ2) is 8.64. The first-order valence-corrected chi connectivity index (χ1v) is 9.68. The molecule has 4 atom stereocenters. The van der Waals surface area contributed by atoms with Gasteiger partial charge in [-0.1, -0.05) is 80.4 Å². The Bertz CT molecular complexity index is 627. The summed E-state index contributed by atoms with van der Waals surface area (Å²) in [5.74, 6) is 0.565. The third kappa shape index (κ3) is 4.31. The van der Waals surface area contributed by atoms with Crippen LogP contribution in [0.1, 0.15) is 62.7 Å². The van der Waals surface area contributed by atoms with Crippen molar-refractivity contribution in [3.63, 3.8) is 0 Å². The fourth-order valence-electron chi connectivity index (χ4n) is 3.92. The number of ether oxygens (including phenoxy) is 1. The second-order valence-corrected chi connectivity index (χ2v) is 7.31. The van der Waals surface area contributed by atoms with Gasteiger partial charge in [-0.2, -0.15) is 0 Å². The van der Waals surface area contributed by atoms with E-state index in [1.165, 1.54) is 30.4 Å².